The molecule has 4 aromatic carbocycles. The number of fused-ring (bicyclic) bond motifs is 20. The van der Waals surface area contributed by atoms with E-state index in [0.717, 1.165) is 38.5 Å². The van der Waals surface area contributed by atoms with Gasteiger partial charge in [-0.25, -0.2) is 29.9 Å². The molecule has 8 bridgehead atoms. The second-order valence-corrected chi connectivity index (χ2v) is 31.4. The zero-order valence-electron chi connectivity index (χ0n) is 79.9. The molecule has 5 heterocycles. The second-order valence-electron chi connectivity index (χ2n) is 31.4. The predicted molar refractivity (Wildman–Crippen MR) is 505 cm³/mol. The van der Waals surface area contributed by atoms with Crippen LogP contribution in [0.1, 0.15) is 142 Å². The van der Waals surface area contributed by atoms with Crippen molar-refractivity contribution < 1.29 is 123 Å². The number of methoxy groups -OCH3 is 6. The van der Waals surface area contributed by atoms with Crippen molar-refractivity contribution in [2.45, 2.75) is 142 Å². The van der Waals surface area contributed by atoms with Crippen LogP contribution in [-0.2, 0) is 85.3 Å². The van der Waals surface area contributed by atoms with Crippen LogP contribution in [-0.4, -0.2) is 334 Å². The highest BCUT2D eigenvalue weighted by molar-refractivity contribution is 6.08. The van der Waals surface area contributed by atoms with Crippen LogP contribution >= 0.6 is 0 Å². The SMILES string of the molecule is CCCCCCCCCCCCOc1cc2c(cc1OCCCCCCCCCCCC)-c1nc-2nc2[nH]c(nc3nc(nc4[nH]c(n1)c1cc(OCCOCCOCCOC)c(OCCOCCOCCOC)cc41)-c1cc(OCCOCCOCCOC)c(OCCOCCOCCOC)cc1-3)c1cc(OCCOCCOCCOC)c(OCCOCCOCCOC)cc21. The molecule has 0 spiro atoms. The van der Waals surface area contributed by atoms with Gasteiger partial charge in [-0.3, -0.25) is 0 Å². The number of aromatic amines is 2. The van der Waals surface area contributed by atoms with E-state index in [2.05, 4.69) is 23.8 Å². The molecule has 3 aromatic heterocycles. The summed E-state index contributed by atoms with van der Waals surface area (Å²) in [5, 5.41) is 2.37. The van der Waals surface area contributed by atoms with E-state index in [9.17, 15) is 0 Å². The van der Waals surface area contributed by atoms with Crippen molar-refractivity contribution >= 4 is 44.1 Å². The Labute approximate surface area is 779 Å². The summed E-state index contributed by atoms with van der Waals surface area (Å²) in [4.78, 5) is 40.6. The van der Waals surface area contributed by atoms with E-state index >= 15 is 0 Å². The summed E-state index contributed by atoms with van der Waals surface area (Å²) in [7, 11) is 9.81. The zero-order chi connectivity index (χ0) is 92.6. The summed E-state index contributed by atoms with van der Waals surface area (Å²) in [6.45, 7) is 17.4. The molecule has 0 radical (unpaired) electrons. The quantitative estimate of drug-likeness (QED) is 0.0334. The summed E-state index contributed by atoms with van der Waals surface area (Å²) < 4.78 is 156. The molecule has 0 amide bonds. The minimum absolute atomic E-state index is 0.130. The second kappa shape index (κ2) is 68.0. The Hall–Kier alpha value is -8.08. The number of unbranched alkanes of at least 4 members (excludes halogenated alkanes) is 18. The van der Waals surface area contributed by atoms with Crippen molar-refractivity contribution in [3.8, 4) is 91.5 Å². The summed E-state index contributed by atoms with van der Waals surface area (Å²) in [6, 6.07) is 15.3. The lowest BCUT2D eigenvalue weighted by Crippen LogP contribution is -2.14. The molecule has 0 saturated heterocycles. The fraction of sp³-hybridized carbons (Fsp3) is 0.673. The molecular formula is C98H150N8O26. The minimum atomic E-state index is 0.130. The van der Waals surface area contributed by atoms with Crippen molar-refractivity contribution in [1.29, 1.82) is 0 Å². The molecule has 34 heteroatoms. The summed E-state index contributed by atoms with van der Waals surface area (Å²) in [5.41, 5.74) is 3.79. The number of nitrogens with zero attached hydrogens (tertiary/aromatic N) is 6. The molecule has 0 fully saturated rings. The van der Waals surface area contributed by atoms with Crippen LogP contribution in [0, 0.1) is 0 Å². The Morgan fingerprint density at radius 1 is 0.174 bits per heavy atom. The van der Waals surface area contributed by atoms with Gasteiger partial charge in [0.15, 0.2) is 69.3 Å². The van der Waals surface area contributed by atoms with Gasteiger partial charge in [-0.05, 0) is 61.4 Å². The number of hydrogen-bond donors (Lipinski definition) is 2. The first-order valence-corrected chi connectivity index (χ1v) is 47.8. The van der Waals surface area contributed by atoms with Gasteiger partial charge in [0, 0.05) is 86.5 Å². The van der Waals surface area contributed by atoms with Crippen molar-refractivity contribution in [2.75, 3.05) is 294 Å². The monoisotopic (exact) mass is 1860 g/mol. The first-order chi connectivity index (χ1) is 65.3. The third-order valence-electron chi connectivity index (χ3n) is 21.3. The average Bonchev–Trinajstić information content (AvgIpc) is 1.59. The summed E-state index contributed by atoms with van der Waals surface area (Å²) in [5.74, 6) is 4.57. The van der Waals surface area contributed by atoms with E-state index in [4.69, 9.17) is 153 Å². The van der Waals surface area contributed by atoms with Crippen LogP contribution in [0.2, 0.25) is 0 Å². The van der Waals surface area contributed by atoms with Gasteiger partial charge in [0.05, 0.1) is 211 Å². The first-order valence-electron chi connectivity index (χ1n) is 47.8. The molecule has 2 N–H and O–H groups in total. The van der Waals surface area contributed by atoms with E-state index in [1.807, 2.05) is 48.5 Å². The highest BCUT2D eigenvalue weighted by Gasteiger charge is 2.29. The van der Waals surface area contributed by atoms with Crippen molar-refractivity contribution in [1.82, 2.24) is 39.9 Å². The van der Waals surface area contributed by atoms with E-state index in [1.54, 1.807) is 42.7 Å². The predicted octanol–water partition coefficient (Wildman–Crippen LogP) is 15.8. The Bertz CT molecular complexity index is 3990. The lowest BCUT2D eigenvalue weighted by molar-refractivity contribution is 0.0160. The van der Waals surface area contributed by atoms with Crippen LogP contribution in [0.4, 0.5) is 0 Å². The highest BCUT2D eigenvalue weighted by Crippen LogP contribution is 2.47. The lowest BCUT2D eigenvalue weighted by atomic mass is 10.1. The van der Waals surface area contributed by atoms with Crippen LogP contribution in [0.3, 0.4) is 0 Å². The standard InChI is InChI=1S/C98H150N8O26/c1-9-11-13-15-17-19-21-23-25-27-29-125-83-67-75-76(68-84(83)126-30-28-26-24-22-20-18-16-14-12-10-2)92-99-91(75)100-93-77-69-85(127-61-55-119-49-43-113-37-31-107-3)87(129-63-57-121-51-45-115-39-33-109-5)71-79(77)95(102-93)104-97-81-73-89(131-65-59-123-53-47-117-41-35-111-7)90(132-66-60-124-54-48-118-42-36-112-8)74-82(81)98(106-97)105-96-80-72-88(130-64-58-122-52-46-116-40-34-110-6)86(70-78(80)94(101-92)103-96)128-62-56-120-50-44-114-38-32-108-4/h67-74H,9-66H2,1-8H3,(H2,99,100,101,102,103,104,105,106). The third-order valence-corrected chi connectivity index (χ3v) is 21.3. The van der Waals surface area contributed by atoms with Gasteiger partial charge in [0.2, 0.25) is 0 Å². The van der Waals surface area contributed by atoms with Gasteiger partial charge in [0.25, 0.3) is 0 Å². The largest absolute Gasteiger partial charge is 0.490 e. The van der Waals surface area contributed by atoms with Gasteiger partial charge >= 0.3 is 0 Å². The molecule has 0 saturated carbocycles. The molecule has 0 unspecified atom stereocenters. The number of hydrogen-bond acceptors (Lipinski definition) is 32. The molecule has 0 atom stereocenters. The van der Waals surface area contributed by atoms with Gasteiger partial charge < -0.3 is 133 Å². The molecule has 0 aliphatic carbocycles. The molecular weight excluding hydrogens is 1710 g/mol. The Balaban J connectivity index is 1.27. The molecule has 9 rings (SSSR count). The van der Waals surface area contributed by atoms with Gasteiger partial charge in [-0.1, -0.05) is 129 Å². The third kappa shape index (κ3) is 39.7. The molecule has 2 aliphatic rings. The topological polar surface area (TPSA) is 349 Å². The highest BCUT2D eigenvalue weighted by atomic mass is 16.6. The summed E-state index contributed by atoms with van der Waals surface area (Å²) in [6.07, 6.45) is 23.6. The molecule has 7 aromatic rings. The number of H-pyrrole nitrogens is 2. The normalized spacial score (nSPS) is 11.8. The van der Waals surface area contributed by atoms with Crippen LogP contribution in [0.5, 0.6) is 46.0 Å². The van der Waals surface area contributed by atoms with Gasteiger partial charge in [0.1, 0.15) is 62.2 Å². The Kier molecular flexibility index (Phi) is 55.4. The van der Waals surface area contributed by atoms with Crippen LogP contribution in [0.15, 0.2) is 48.5 Å². The number of benzene rings is 4. The fourth-order valence-electron chi connectivity index (χ4n) is 14.3. The number of nitrogens with one attached hydrogen (secondary N) is 2. The van der Waals surface area contributed by atoms with E-state index in [-0.39, 0.29) is 90.9 Å². The van der Waals surface area contributed by atoms with E-state index < -0.39 is 0 Å². The molecule has 738 valence electrons. The Morgan fingerprint density at radius 2 is 0.333 bits per heavy atom. The summed E-state index contributed by atoms with van der Waals surface area (Å²) >= 11 is 0. The van der Waals surface area contributed by atoms with Gasteiger partial charge in [-0.15, -0.1) is 0 Å². The maximum atomic E-state index is 6.95. The zero-order valence-corrected chi connectivity index (χ0v) is 79.9. The molecule has 2 aliphatic heterocycles. The fourth-order valence-corrected chi connectivity index (χ4v) is 14.3. The van der Waals surface area contributed by atoms with Gasteiger partial charge in [-0.2, -0.15) is 0 Å². The maximum Gasteiger partial charge on any atom is 0.164 e. The minimum Gasteiger partial charge on any atom is -0.490 e. The first kappa shape index (κ1) is 108. The van der Waals surface area contributed by atoms with Crippen LogP contribution < -0.4 is 37.9 Å². The molecule has 132 heavy (non-hydrogen) atoms. The van der Waals surface area contributed by atoms with E-state index in [1.165, 1.54) is 89.9 Å². The van der Waals surface area contributed by atoms with E-state index in [0.29, 0.717) is 296 Å². The number of rotatable bonds is 84. The van der Waals surface area contributed by atoms with Crippen LogP contribution in [0.25, 0.3) is 89.7 Å². The number of aromatic nitrogens is 8. The maximum absolute atomic E-state index is 6.95. The lowest BCUT2D eigenvalue weighted by Gasteiger charge is -2.15. The van der Waals surface area contributed by atoms with Crippen molar-refractivity contribution in [3.63, 3.8) is 0 Å². The smallest absolute Gasteiger partial charge is 0.164 e. The van der Waals surface area contributed by atoms with Crippen molar-refractivity contribution in [3.05, 3.63) is 48.5 Å². The average molecular weight is 1860 g/mol. The molecule has 34 nitrogen and oxygen atoms in total. The number of ether oxygens (including phenoxy) is 26. The Morgan fingerprint density at radius 3 is 0.523 bits per heavy atom. The van der Waals surface area contributed by atoms with Crippen molar-refractivity contribution in [2.24, 2.45) is 0 Å².